The summed E-state index contributed by atoms with van der Waals surface area (Å²) < 4.78 is 16.3. The number of nitrogens with zero attached hydrogens (tertiary/aromatic N) is 2. The molecular weight excluding hydrogens is 372 g/mol. The van der Waals surface area contributed by atoms with Gasteiger partial charge < -0.3 is 24.2 Å². The smallest absolute Gasteiger partial charge is 0.247 e. The lowest BCUT2D eigenvalue weighted by Crippen LogP contribution is -2.23. The molecule has 8 nitrogen and oxygen atoms in total. The third-order valence-corrected chi connectivity index (χ3v) is 4.81. The van der Waals surface area contributed by atoms with Crippen LogP contribution in [-0.4, -0.2) is 27.9 Å². The molecule has 2 aromatic heterocycles. The summed E-state index contributed by atoms with van der Waals surface area (Å²) in [6.45, 7) is 0.682. The van der Waals surface area contributed by atoms with Crippen molar-refractivity contribution in [1.29, 1.82) is 0 Å². The number of ether oxygens (including phenoxy) is 2. The molecule has 4 aromatic rings. The van der Waals surface area contributed by atoms with Gasteiger partial charge in [0.25, 0.3) is 0 Å². The quantitative estimate of drug-likeness (QED) is 0.524. The molecular formula is C21H18N4O4. The van der Waals surface area contributed by atoms with E-state index >= 15 is 0 Å². The number of amides is 1. The average molecular weight is 390 g/mol. The fourth-order valence-electron chi connectivity index (χ4n) is 3.31. The Kier molecular flexibility index (Phi) is 4.36. The van der Waals surface area contributed by atoms with Crippen LogP contribution in [0, 0.1) is 0 Å². The summed E-state index contributed by atoms with van der Waals surface area (Å²) in [6.07, 6.45) is 2.53. The molecule has 8 heteroatoms. The van der Waals surface area contributed by atoms with E-state index in [9.17, 15) is 4.79 Å². The summed E-state index contributed by atoms with van der Waals surface area (Å²) in [7, 11) is 0. The van der Waals surface area contributed by atoms with E-state index in [-0.39, 0.29) is 19.1 Å². The first-order valence-corrected chi connectivity index (χ1v) is 9.30. The number of carbonyl (C=O) groups excluding carboxylic acids is 1. The lowest BCUT2D eigenvalue weighted by atomic mass is 10.1. The van der Waals surface area contributed by atoms with Crippen molar-refractivity contribution in [3.05, 3.63) is 60.1 Å². The number of H-pyrrole nitrogens is 1. The van der Waals surface area contributed by atoms with Crippen LogP contribution < -0.4 is 14.8 Å². The monoisotopic (exact) mass is 390 g/mol. The number of carbonyl (C=O) groups is 1. The Labute approximate surface area is 165 Å². The van der Waals surface area contributed by atoms with Gasteiger partial charge in [0.15, 0.2) is 11.5 Å². The number of aromatic amines is 1. The van der Waals surface area contributed by atoms with Crippen LogP contribution in [0.1, 0.15) is 17.9 Å². The predicted octanol–water partition coefficient (Wildman–Crippen LogP) is 3.20. The van der Waals surface area contributed by atoms with Gasteiger partial charge in [-0.15, -0.1) is 10.2 Å². The minimum atomic E-state index is -0.0691. The molecule has 0 unspecified atom stereocenters. The van der Waals surface area contributed by atoms with Crippen LogP contribution >= 0.6 is 0 Å². The third-order valence-electron chi connectivity index (χ3n) is 4.81. The van der Waals surface area contributed by atoms with Crippen LogP contribution in [0.15, 0.2) is 53.1 Å². The highest BCUT2D eigenvalue weighted by atomic mass is 16.7. The van der Waals surface area contributed by atoms with E-state index in [0.29, 0.717) is 36.2 Å². The predicted molar refractivity (Wildman–Crippen MR) is 104 cm³/mol. The second-order valence-corrected chi connectivity index (χ2v) is 6.70. The Morgan fingerprint density at radius 3 is 3.00 bits per heavy atom. The zero-order chi connectivity index (χ0) is 19.6. The summed E-state index contributed by atoms with van der Waals surface area (Å²) >= 11 is 0. The van der Waals surface area contributed by atoms with Gasteiger partial charge in [0, 0.05) is 42.0 Å². The van der Waals surface area contributed by atoms with Crippen molar-refractivity contribution < 1.29 is 18.7 Å². The minimum absolute atomic E-state index is 0.0691. The number of rotatable bonds is 6. The number of fused-ring (bicyclic) bond motifs is 2. The Hall–Kier alpha value is -3.81. The first-order valence-electron chi connectivity index (χ1n) is 9.30. The standard InChI is InChI=1S/C21H18N4O4/c26-19(23-11-14-2-1-3-16-15(14)8-9-22-16)6-7-20-24-25-21(29-20)13-4-5-17-18(10-13)28-12-27-17/h1-5,8-10,22H,6-7,11-12H2,(H,23,26). The molecule has 1 amide bonds. The number of nitrogens with one attached hydrogen (secondary N) is 2. The molecule has 29 heavy (non-hydrogen) atoms. The first-order chi connectivity index (χ1) is 14.3. The summed E-state index contributed by atoms with van der Waals surface area (Å²) in [5.74, 6) is 2.08. The molecule has 0 saturated heterocycles. The molecule has 0 atom stereocenters. The van der Waals surface area contributed by atoms with Gasteiger partial charge in [-0.1, -0.05) is 12.1 Å². The van der Waals surface area contributed by atoms with Crippen molar-refractivity contribution in [3.63, 3.8) is 0 Å². The highest BCUT2D eigenvalue weighted by Crippen LogP contribution is 2.35. The first kappa shape index (κ1) is 17.3. The molecule has 0 fully saturated rings. The van der Waals surface area contributed by atoms with Gasteiger partial charge in [0.1, 0.15) is 0 Å². The van der Waals surface area contributed by atoms with Crippen molar-refractivity contribution in [2.45, 2.75) is 19.4 Å². The van der Waals surface area contributed by atoms with E-state index in [4.69, 9.17) is 13.9 Å². The second kappa shape index (κ2) is 7.31. The Morgan fingerprint density at radius 2 is 2.03 bits per heavy atom. The molecule has 0 spiro atoms. The lowest BCUT2D eigenvalue weighted by Gasteiger charge is -2.06. The van der Waals surface area contributed by atoms with Crippen molar-refractivity contribution in [1.82, 2.24) is 20.5 Å². The highest BCUT2D eigenvalue weighted by Gasteiger charge is 2.17. The minimum Gasteiger partial charge on any atom is -0.454 e. The number of aryl methyl sites for hydroxylation is 1. The van der Waals surface area contributed by atoms with Gasteiger partial charge in [-0.3, -0.25) is 4.79 Å². The van der Waals surface area contributed by atoms with Crippen molar-refractivity contribution in [2.24, 2.45) is 0 Å². The fraction of sp³-hybridized carbons (Fsp3) is 0.190. The van der Waals surface area contributed by atoms with Gasteiger partial charge in [-0.25, -0.2) is 0 Å². The summed E-state index contributed by atoms with van der Waals surface area (Å²) in [6, 6.07) is 13.4. The van der Waals surface area contributed by atoms with E-state index in [1.54, 1.807) is 12.1 Å². The molecule has 3 heterocycles. The Bertz CT molecular complexity index is 1180. The zero-order valence-corrected chi connectivity index (χ0v) is 15.5. The van der Waals surface area contributed by atoms with Crippen LogP contribution in [0.2, 0.25) is 0 Å². The largest absolute Gasteiger partial charge is 0.454 e. The van der Waals surface area contributed by atoms with E-state index in [1.807, 2.05) is 36.5 Å². The SMILES string of the molecule is O=C(CCc1nnc(-c2ccc3c(c2)OCO3)o1)NCc1cccc2[nH]ccc12. The Morgan fingerprint density at radius 1 is 1.10 bits per heavy atom. The molecule has 5 rings (SSSR count). The summed E-state index contributed by atoms with van der Waals surface area (Å²) in [5, 5.41) is 12.2. The molecule has 0 saturated carbocycles. The van der Waals surface area contributed by atoms with E-state index in [2.05, 4.69) is 20.5 Å². The average Bonchev–Trinajstić information content (AvgIpc) is 3.50. The van der Waals surface area contributed by atoms with Crippen molar-refractivity contribution >= 4 is 16.8 Å². The van der Waals surface area contributed by atoms with Crippen LogP contribution in [0.25, 0.3) is 22.4 Å². The lowest BCUT2D eigenvalue weighted by molar-refractivity contribution is -0.121. The van der Waals surface area contributed by atoms with Gasteiger partial charge in [0.2, 0.25) is 24.5 Å². The Balaban J connectivity index is 1.18. The molecule has 0 bridgehead atoms. The third kappa shape index (κ3) is 3.52. The maximum absolute atomic E-state index is 12.2. The van der Waals surface area contributed by atoms with E-state index < -0.39 is 0 Å². The van der Waals surface area contributed by atoms with Crippen molar-refractivity contribution in [2.75, 3.05) is 6.79 Å². The molecule has 0 radical (unpaired) electrons. The van der Waals surface area contributed by atoms with Gasteiger partial charge in [-0.2, -0.15) is 0 Å². The molecule has 1 aliphatic rings. The van der Waals surface area contributed by atoms with Gasteiger partial charge in [-0.05, 0) is 35.9 Å². The summed E-state index contributed by atoms with van der Waals surface area (Å²) in [5.41, 5.74) is 2.87. The topological polar surface area (TPSA) is 102 Å². The van der Waals surface area contributed by atoms with Crippen LogP contribution in [0.3, 0.4) is 0 Å². The number of hydrogen-bond acceptors (Lipinski definition) is 6. The van der Waals surface area contributed by atoms with E-state index in [1.165, 1.54) is 0 Å². The number of benzene rings is 2. The normalized spacial score (nSPS) is 12.4. The van der Waals surface area contributed by atoms with E-state index in [0.717, 1.165) is 22.0 Å². The molecule has 2 N–H and O–H groups in total. The molecule has 1 aliphatic heterocycles. The van der Waals surface area contributed by atoms with Crippen LogP contribution in [0.5, 0.6) is 11.5 Å². The van der Waals surface area contributed by atoms with Crippen LogP contribution in [0.4, 0.5) is 0 Å². The maximum atomic E-state index is 12.2. The second-order valence-electron chi connectivity index (χ2n) is 6.70. The molecule has 146 valence electrons. The van der Waals surface area contributed by atoms with Crippen molar-refractivity contribution in [3.8, 4) is 23.0 Å². The highest BCUT2D eigenvalue weighted by molar-refractivity contribution is 5.83. The fourth-order valence-corrected chi connectivity index (χ4v) is 3.31. The van der Waals surface area contributed by atoms with Crippen LogP contribution in [-0.2, 0) is 17.8 Å². The molecule has 0 aliphatic carbocycles. The number of hydrogen-bond donors (Lipinski definition) is 2. The maximum Gasteiger partial charge on any atom is 0.247 e. The molecule has 2 aromatic carbocycles. The number of aromatic nitrogens is 3. The summed E-state index contributed by atoms with van der Waals surface area (Å²) in [4.78, 5) is 15.4. The van der Waals surface area contributed by atoms with Gasteiger partial charge in [0.05, 0.1) is 0 Å². The van der Waals surface area contributed by atoms with Gasteiger partial charge >= 0.3 is 0 Å². The zero-order valence-electron chi connectivity index (χ0n) is 15.5.